The number of hydrogen-bond donors (Lipinski definition) is 0. The van der Waals surface area contributed by atoms with Crippen LogP contribution in [0.25, 0.3) is 0 Å². The van der Waals surface area contributed by atoms with Gasteiger partial charge < -0.3 is 0 Å². The first-order valence-electron chi connectivity index (χ1n) is 6.18. The molecule has 100 valence electrons. The molecule has 0 aliphatic carbocycles. The molecule has 0 heterocycles. The highest BCUT2D eigenvalue weighted by Gasteiger charge is 2.14. The van der Waals surface area contributed by atoms with E-state index < -0.39 is 0 Å². The van der Waals surface area contributed by atoms with Gasteiger partial charge in [0.1, 0.15) is 0 Å². The Morgan fingerprint density at radius 2 is 1.53 bits per heavy atom. The zero-order valence-corrected chi connectivity index (χ0v) is 13.9. The average Bonchev–Trinajstić information content (AvgIpc) is 2.38. The molecule has 0 aliphatic heterocycles. The van der Waals surface area contributed by atoms with Crippen molar-refractivity contribution in [1.82, 2.24) is 0 Å². The predicted molar refractivity (Wildman–Crippen MR) is 87.4 cm³/mol. The van der Waals surface area contributed by atoms with Gasteiger partial charge in [-0.25, -0.2) is 0 Å². The SMILES string of the molecule is CC(C)c1ccc(C(Cl)c2ccc(Br)cc2Cl)cc1. The fourth-order valence-electron chi connectivity index (χ4n) is 1.94. The first-order chi connectivity index (χ1) is 8.99. The summed E-state index contributed by atoms with van der Waals surface area (Å²) >= 11 is 16.2. The van der Waals surface area contributed by atoms with Crippen LogP contribution in [0.3, 0.4) is 0 Å². The standard InChI is InChI=1S/C16H15BrCl2/c1-10(2)11-3-5-12(6-4-11)16(19)14-8-7-13(17)9-15(14)18/h3-10,16H,1-2H3. The molecule has 0 aromatic heterocycles. The number of hydrogen-bond acceptors (Lipinski definition) is 0. The third kappa shape index (κ3) is 3.53. The van der Waals surface area contributed by atoms with Crippen LogP contribution in [0, 0.1) is 0 Å². The second-order valence-electron chi connectivity index (χ2n) is 4.85. The molecular formula is C16H15BrCl2. The highest BCUT2D eigenvalue weighted by Crippen LogP contribution is 2.35. The summed E-state index contributed by atoms with van der Waals surface area (Å²) in [5.41, 5.74) is 3.31. The molecule has 3 heteroatoms. The summed E-state index contributed by atoms with van der Waals surface area (Å²) in [6.07, 6.45) is 0. The molecule has 1 unspecified atom stereocenters. The van der Waals surface area contributed by atoms with Gasteiger partial charge in [0, 0.05) is 9.50 Å². The summed E-state index contributed by atoms with van der Waals surface area (Å²) < 4.78 is 0.959. The molecule has 0 spiro atoms. The molecule has 0 nitrogen and oxygen atoms in total. The summed E-state index contributed by atoms with van der Waals surface area (Å²) in [4.78, 5) is 0. The predicted octanol–water partition coefficient (Wildman–Crippen LogP) is 6.55. The maximum Gasteiger partial charge on any atom is 0.0849 e. The van der Waals surface area contributed by atoms with E-state index in [0.717, 1.165) is 15.6 Å². The smallest absolute Gasteiger partial charge is 0.0849 e. The van der Waals surface area contributed by atoms with Crippen LogP contribution in [0.5, 0.6) is 0 Å². The maximum atomic E-state index is 6.52. The molecule has 2 aromatic carbocycles. The zero-order valence-electron chi connectivity index (χ0n) is 10.8. The van der Waals surface area contributed by atoms with Gasteiger partial charge in [-0.1, -0.05) is 71.7 Å². The second-order valence-corrected chi connectivity index (χ2v) is 6.61. The van der Waals surface area contributed by atoms with Crippen molar-refractivity contribution in [2.24, 2.45) is 0 Å². The van der Waals surface area contributed by atoms with Crippen molar-refractivity contribution in [1.29, 1.82) is 0 Å². The Morgan fingerprint density at radius 3 is 2.05 bits per heavy atom. The van der Waals surface area contributed by atoms with Crippen molar-refractivity contribution < 1.29 is 0 Å². The zero-order chi connectivity index (χ0) is 14.0. The van der Waals surface area contributed by atoms with E-state index in [2.05, 4.69) is 54.0 Å². The van der Waals surface area contributed by atoms with Crippen LogP contribution in [-0.4, -0.2) is 0 Å². The monoisotopic (exact) mass is 356 g/mol. The van der Waals surface area contributed by atoms with Crippen LogP contribution in [0.2, 0.25) is 5.02 Å². The maximum absolute atomic E-state index is 6.52. The first-order valence-corrected chi connectivity index (χ1v) is 7.78. The molecule has 0 aliphatic rings. The number of halogens is 3. The van der Waals surface area contributed by atoms with Gasteiger partial charge in [-0.2, -0.15) is 0 Å². The average molecular weight is 358 g/mol. The first kappa shape index (κ1) is 14.9. The van der Waals surface area contributed by atoms with E-state index in [4.69, 9.17) is 23.2 Å². The summed E-state index contributed by atoms with van der Waals surface area (Å²) in [7, 11) is 0. The Hall–Kier alpha value is -0.500. The van der Waals surface area contributed by atoms with Crippen molar-refractivity contribution in [2.45, 2.75) is 25.1 Å². The van der Waals surface area contributed by atoms with Gasteiger partial charge in [-0.3, -0.25) is 0 Å². The third-order valence-electron chi connectivity index (χ3n) is 3.13. The van der Waals surface area contributed by atoms with E-state index in [-0.39, 0.29) is 5.38 Å². The minimum absolute atomic E-state index is 0.221. The van der Waals surface area contributed by atoms with Crippen LogP contribution >= 0.6 is 39.1 Å². The third-order valence-corrected chi connectivity index (χ3v) is 4.44. The Morgan fingerprint density at radius 1 is 0.947 bits per heavy atom. The lowest BCUT2D eigenvalue weighted by Gasteiger charge is -2.14. The van der Waals surface area contributed by atoms with Gasteiger partial charge in [0.15, 0.2) is 0 Å². The number of benzene rings is 2. The fourth-order valence-corrected chi connectivity index (χ4v) is 3.11. The Kier molecular flexibility index (Phi) is 4.94. The van der Waals surface area contributed by atoms with Crippen LogP contribution < -0.4 is 0 Å². The number of rotatable bonds is 3. The lowest BCUT2D eigenvalue weighted by Crippen LogP contribution is -1.95. The number of alkyl halides is 1. The van der Waals surface area contributed by atoms with Crippen molar-refractivity contribution in [2.75, 3.05) is 0 Å². The van der Waals surface area contributed by atoms with Gasteiger partial charge >= 0.3 is 0 Å². The second kappa shape index (κ2) is 6.30. The van der Waals surface area contributed by atoms with E-state index in [9.17, 15) is 0 Å². The molecule has 0 radical (unpaired) electrons. The topological polar surface area (TPSA) is 0 Å². The van der Waals surface area contributed by atoms with Crippen molar-refractivity contribution in [3.8, 4) is 0 Å². The van der Waals surface area contributed by atoms with E-state index in [0.29, 0.717) is 10.9 Å². The summed E-state index contributed by atoms with van der Waals surface area (Å²) in [5.74, 6) is 0.527. The minimum Gasteiger partial charge on any atom is -0.113 e. The molecule has 0 fully saturated rings. The van der Waals surface area contributed by atoms with Gasteiger partial charge in [0.05, 0.1) is 5.38 Å². The molecule has 0 bridgehead atoms. The van der Waals surface area contributed by atoms with Gasteiger partial charge in [-0.05, 0) is 34.7 Å². The van der Waals surface area contributed by atoms with Crippen LogP contribution in [-0.2, 0) is 0 Å². The van der Waals surface area contributed by atoms with E-state index in [1.54, 1.807) is 0 Å². The quantitative estimate of drug-likeness (QED) is 0.546. The van der Waals surface area contributed by atoms with E-state index in [1.807, 2.05) is 18.2 Å². The van der Waals surface area contributed by atoms with E-state index >= 15 is 0 Å². The van der Waals surface area contributed by atoms with Crippen molar-refractivity contribution in [3.63, 3.8) is 0 Å². The molecular weight excluding hydrogens is 343 g/mol. The Bertz CT molecular complexity index is 561. The molecule has 0 amide bonds. The highest BCUT2D eigenvalue weighted by atomic mass is 79.9. The summed E-state index contributed by atoms with van der Waals surface area (Å²) in [5, 5.41) is 0.462. The van der Waals surface area contributed by atoms with Gasteiger partial charge in [0.2, 0.25) is 0 Å². The molecule has 2 aromatic rings. The van der Waals surface area contributed by atoms with Crippen molar-refractivity contribution >= 4 is 39.1 Å². The molecule has 2 rings (SSSR count). The molecule has 0 N–H and O–H groups in total. The minimum atomic E-state index is -0.221. The van der Waals surface area contributed by atoms with Crippen LogP contribution in [0.1, 0.15) is 41.8 Å². The fraction of sp³-hybridized carbons (Fsp3) is 0.250. The molecule has 0 saturated heterocycles. The summed E-state index contributed by atoms with van der Waals surface area (Å²) in [6.45, 7) is 4.36. The van der Waals surface area contributed by atoms with Crippen LogP contribution in [0.15, 0.2) is 46.9 Å². The lowest BCUT2D eigenvalue weighted by molar-refractivity contribution is 0.865. The summed E-state index contributed by atoms with van der Waals surface area (Å²) in [6, 6.07) is 14.2. The Labute approximate surface area is 132 Å². The molecule has 0 saturated carbocycles. The van der Waals surface area contributed by atoms with Crippen LogP contribution in [0.4, 0.5) is 0 Å². The highest BCUT2D eigenvalue weighted by molar-refractivity contribution is 9.10. The van der Waals surface area contributed by atoms with Crippen molar-refractivity contribution in [3.05, 3.63) is 68.7 Å². The lowest BCUT2D eigenvalue weighted by atomic mass is 9.98. The Balaban J connectivity index is 2.30. The normalized spacial score (nSPS) is 12.7. The van der Waals surface area contributed by atoms with Gasteiger partial charge in [-0.15, -0.1) is 11.6 Å². The van der Waals surface area contributed by atoms with E-state index in [1.165, 1.54) is 5.56 Å². The van der Waals surface area contributed by atoms with Gasteiger partial charge in [0.25, 0.3) is 0 Å². The largest absolute Gasteiger partial charge is 0.113 e. The molecule has 19 heavy (non-hydrogen) atoms. The molecule has 1 atom stereocenters.